The molecule has 2 aromatic carbocycles. The van der Waals surface area contributed by atoms with Crippen molar-refractivity contribution < 1.29 is 5.11 Å². The summed E-state index contributed by atoms with van der Waals surface area (Å²) in [5.74, 6) is -0.0275. The maximum absolute atomic E-state index is 9.78. The third-order valence-corrected chi connectivity index (χ3v) is 3.39. The highest BCUT2D eigenvalue weighted by atomic mass is 79.9. The minimum atomic E-state index is -0.0275. The number of anilines is 2. The lowest BCUT2D eigenvalue weighted by Crippen LogP contribution is -2.19. The van der Waals surface area contributed by atoms with Gasteiger partial charge in [0.25, 0.3) is 0 Å². The molecule has 4 nitrogen and oxygen atoms in total. The molecule has 2 rings (SSSR count). The quantitative estimate of drug-likeness (QED) is 0.568. The van der Waals surface area contributed by atoms with Gasteiger partial charge in [-0.05, 0) is 58.5 Å². The lowest BCUT2D eigenvalue weighted by molar-refractivity contribution is 0.477. The van der Waals surface area contributed by atoms with Crippen LogP contribution in [0.15, 0.2) is 46.9 Å². The van der Waals surface area contributed by atoms with Crippen LogP contribution in [0.2, 0.25) is 0 Å². The summed E-state index contributed by atoms with van der Waals surface area (Å²) in [6, 6.07) is 14.1. The highest BCUT2D eigenvalue weighted by Crippen LogP contribution is 2.25. The number of hydrogen-bond donors (Lipinski definition) is 3. The van der Waals surface area contributed by atoms with E-state index in [0.29, 0.717) is 16.4 Å². The topological polar surface area (TPSA) is 68.1 Å². The molecule has 0 aliphatic rings. The van der Waals surface area contributed by atoms with E-state index >= 15 is 0 Å². The fourth-order valence-electron chi connectivity index (χ4n) is 1.55. The van der Waals surface area contributed by atoms with Crippen LogP contribution in [0.3, 0.4) is 0 Å². The molecule has 0 spiro atoms. The van der Waals surface area contributed by atoms with E-state index in [1.807, 2.05) is 30.3 Å². The zero-order valence-electron chi connectivity index (χ0n) is 10.2. The van der Waals surface area contributed by atoms with E-state index in [-0.39, 0.29) is 5.75 Å². The molecular weight excluding hydrogens is 338 g/mol. The first-order valence-corrected chi connectivity index (χ1v) is 6.86. The molecule has 3 N–H and O–H groups in total. The molecule has 0 radical (unpaired) electrons. The summed E-state index contributed by atoms with van der Waals surface area (Å²) in [6.07, 6.45) is 0. The second-order valence-electron chi connectivity index (χ2n) is 3.90. The van der Waals surface area contributed by atoms with Crippen molar-refractivity contribution in [2.75, 3.05) is 10.6 Å². The first-order chi connectivity index (χ1) is 9.60. The van der Waals surface area contributed by atoms with Crippen molar-refractivity contribution in [1.29, 1.82) is 5.26 Å². The highest BCUT2D eigenvalue weighted by Gasteiger charge is 2.06. The van der Waals surface area contributed by atoms with E-state index in [1.165, 1.54) is 6.07 Å². The molecule has 20 heavy (non-hydrogen) atoms. The Morgan fingerprint density at radius 1 is 1.15 bits per heavy atom. The number of benzene rings is 2. The second-order valence-corrected chi connectivity index (χ2v) is 5.17. The van der Waals surface area contributed by atoms with Gasteiger partial charge in [0.2, 0.25) is 0 Å². The average molecular weight is 348 g/mol. The first kappa shape index (κ1) is 14.3. The molecule has 0 aromatic heterocycles. The zero-order valence-corrected chi connectivity index (χ0v) is 12.6. The largest absolute Gasteiger partial charge is 0.506 e. The van der Waals surface area contributed by atoms with E-state index in [0.717, 1.165) is 10.2 Å². The smallest absolute Gasteiger partial charge is 0.175 e. The average Bonchev–Trinajstić information content (AvgIpc) is 2.43. The number of aromatic hydroxyl groups is 1. The first-order valence-electron chi connectivity index (χ1n) is 5.66. The summed E-state index contributed by atoms with van der Waals surface area (Å²) in [7, 11) is 0. The molecule has 2 aromatic rings. The summed E-state index contributed by atoms with van der Waals surface area (Å²) in [5, 5.41) is 24.8. The third kappa shape index (κ3) is 3.47. The van der Waals surface area contributed by atoms with Gasteiger partial charge in [0.1, 0.15) is 5.75 Å². The van der Waals surface area contributed by atoms with Gasteiger partial charge in [0, 0.05) is 4.47 Å². The Hall–Kier alpha value is -2.10. The Morgan fingerprint density at radius 3 is 2.50 bits per heavy atom. The van der Waals surface area contributed by atoms with E-state index in [4.69, 9.17) is 17.5 Å². The fourth-order valence-corrected chi connectivity index (χ4v) is 2.15. The normalized spacial score (nSPS) is 9.60. The number of para-hydroxylation sites is 1. The number of rotatable bonds is 2. The van der Waals surface area contributed by atoms with Crippen molar-refractivity contribution >= 4 is 44.6 Å². The van der Waals surface area contributed by atoms with Gasteiger partial charge in [-0.25, -0.2) is 0 Å². The van der Waals surface area contributed by atoms with Gasteiger partial charge >= 0.3 is 0 Å². The summed E-state index contributed by atoms with van der Waals surface area (Å²) < 4.78 is 0.883. The number of halogens is 1. The van der Waals surface area contributed by atoms with E-state index < -0.39 is 0 Å². The number of nitriles is 1. The van der Waals surface area contributed by atoms with Gasteiger partial charge < -0.3 is 15.7 Å². The zero-order chi connectivity index (χ0) is 14.5. The molecule has 0 atom stereocenters. The van der Waals surface area contributed by atoms with Crippen molar-refractivity contribution in [2.45, 2.75) is 0 Å². The summed E-state index contributed by atoms with van der Waals surface area (Å²) in [4.78, 5) is 0. The van der Waals surface area contributed by atoms with Crippen molar-refractivity contribution in [1.82, 2.24) is 0 Å². The lowest BCUT2D eigenvalue weighted by Gasteiger charge is -2.12. The minimum absolute atomic E-state index is 0.0275. The van der Waals surface area contributed by atoms with Crippen molar-refractivity contribution in [3.8, 4) is 11.8 Å². The maximum atomic E-state index is 9.78. The van der Waals surface area contributed by atoms with Gasteiger partial charge in [-0.2, -0.15) is 5.26 Å². The Kier molecular flexibility index (Phi) is 4.56. The Bertz CT molecular complexity index is 697. The number of nitrogens with one attached hydrogen (secondary N) is 2. The number of nitrogens with zero attached hydrogens (tertiary/aromatic N) is 1. The Labute approximate surface area is 130 Å². The molecule has 0 heterocycles. The van der Waals surface area contributed by atoms with Crippen LogP contribution in [0.4, 0.5) is 11.4 Å². The molecule has 100 valence electrons. The monoisotopic (exact) mass is 347 g/mol. The number of phenols is 1. The molecule has 6 heteroatoms. The Balaban J connectivity index is 2.09. The molecule has 0 amide bonds. The summed E-state index contributed by atoms with van der Waals surface area (Å²) in [6.45, 7) is 0. The lowest BCUT2D eigenvalue weighted by atomic mass is 10.2. The van der Waals surface area contributed by atoms with E-state index in [9.17, 15) is 5.11 Å². The van der Waals surface area contributed by atoms with Crippen LogP contribution in [-0.4, -0.2) is 10.2 Å². The SMILES string of the molecule is N#Cc1ccc(NC(=S)Nc2ccccc2Br)c(O)c1. The third-order valence-electron chi connectivity index (χ3n) is 2.50. The molecule has 0 unspecified atom stereocenters. The molecule has 0 fully saturated rings. The molecule has 0 saturated carbocycles. The predicted molar refractivity (Wildman–Crippen MR) is 86.8 cm³/mol. The predicted octanol–water partition coefficient (Wildman–Crippen LogP) is 3.84. The molecule has 0 bridgehead atoms. The van der Waals surface area contributed by atoms with Gasteiger partial charge in [-0.3, -0.25) is 0 Å². The van der Waals surface area contributed by atoms with Crippen LogP contribution >= 0.6 is 28.1 Å². The standard InChI is InChI=1S/C14H10BrN3OS/c15-10-3-1-2-4-11(10)17-14(20)18-12-6-5-9(8-16)7-13(12)19/h1-7,19H,(H2,17,18,20). The van der Waals surface area contributed by atoms with Gasteiger partial charge in [-0.15, -0.1) is 0 Å². The van der Waals surface area contributed by atoms with Gasteiger partial charge in [0.05, 0.1) is 23.0 Å². The van der Waals surface area contributed by atoms with Crippen molar-refractivity contribution in [2.24, 2.45) is 0 Å². The van der Waals surface area contributed by atoms with Crippen LogP contribution in [0.1, 0.15) is 5.56 Å². The van der Waals surface area contributed by atoms with Gasteiger partial charge in [-0.1, -0.05) is 12.1 Å². The van der Waals surface area contributed by atoms with E-state index in [1.54, 1.807) is 12.1 Å². The fraction of sp³-hybridized carbons (Fsp3) is 0. The molecule has 0 saturated heterocycles. The van der Waals surface area contributed by atoms with Crippen molar-refractivity contribution in [3.05, 3.63) is 52.5 Å². The molecular formula is C14H10BrN3OS. The van der Waals surface area contributed by atoms with Crippen LogP contribution in [0, 0.1) is 11.3 Å². The minimum Gasteiger partial charge on any atom is -0.506 e. The van der Waals surface area contributed by atoms with Crippen LogP contribution < -0.4 is 10.6 Å². The maximum Gasteiger partial charge on any atom is 0.175 e. The van der Waals surface area contributed by atoms with Crippen LogP contribution in [0.25, 0.3) is 0 Å². The summed E-state index contributed by atoms with van der Waals surface area (Å²) in [5.41, 5.74) is 1.64. The van der Waals surface area contributed by atoms with Crippen LogP contribution in [-0.2, 0) is 0 Å². The van der Waals surface area contributed by atoms with Crippen LogP contribution in [0.5, 0.6) is 5.75 Å². The summed E-state index contributed by atoms with van der Waals surface area (Å²) >= 11 is 8.59. The van der Waals surface area contributed by atoms with E-state index in [2.05, 4.69) is 26.6 Å². The molecule has 0 aliphatic carbocycles. The number of hydrogen-bond acceptors (Lipinski definition) is 3. The Morgan fingerprint density at radius 2 is 1.85 bits per heavy atom. The van der Waals surface area contributed by atoms with Crippen molar-refractivity contribution in [3.63, 3.8) is 0 Å². The van der Waals surface area contributed by atoms with Gasteiger partial charge in [0.15, 0.2) is 5.11 Å². The highest BCUT2D eigenvalue weighted by molar-refractivity contribution is 9.10. The second kappa shape index (κ2) is 6.37. The number of thiocarbonyl (C=S) groups is 1. The number of phenolic OH excluding ortho intramolecular Hbond substituents is 1. The molecule has 0 aliphatic heterocycles.